The van der Waals surface area contributed by atoms with Gasteiger partial charge in [0.05, 0.1) is 29.6 Å². The van der Waals surface area contributed by atoms with Gasteiger partial charge in [-0.2, -0.15) is 5.26 Å². The Balaban J connectivity index is 0.958. The number of hydrogen-bond donors (Lipinski definition) is 2. The Morgan fingerprint density at radius 3 is 2.26 bits per heavy atom. The number of carbonyl (C=O) groups excluding carboxylic acids is 3. The second-order valence-corrected chi connectivity index (χ2v) is 11.6. The normalized spacial score (nSPS) is 15.9. The number of likely N-dealkylation sites (tertiary alicyclic amines) is 2. The smallest absolute Gasteiger partial charge is 0.411 e. The number of nitrogens with zero attached hydrogens (tertiary/aromatic N) is 3. The van der Waals surface area contributed by atoms with E-state index in [0.29, 0.717) is 57.4 Å². The Kier molecular flexibility index (Phi) is 11.2. The van der Waals surface area contributed by atoms with Gasteiger partial charge in [0.1, 0.15) is 11.9 Å². The Bertz CT molecular complexity index is 1550. The number of nitrogens with one attached hydrogen (secondary N) is 2. The molecule has 3 aromatic rings. The van der Waals surface area contributed by atoms with Crippen LogP contribution in [-0.4, -0.2) is 73.3 Å². The van der Waals surface area contributed by atoms with Gasteiger partial charge < -0.3 is 19.3 Å². The van der Waals surface area contributed by atoms with Crippen LogP contribution in [0.5, 0.6) is 0 Å². The average molecular weight is 628 g/mol. The summed E-state index contributed by atoms with van der Waals surface area (Å²) in [6, 6.07) is 23.1. The highest BCUT2D eigenvalue weighted by Gasteiger charge is 2.26. The first-order chi connectivity index (χ1) is 22.4. The molecule has 0 spiro atoms. The maximum Gasteiger partial charge on any atom is 0.411 e. The van der Waals surface area contributed by atoms with E-state index in [1.54, 1.807) is 0 Å². The minimum atomic E-state index is -0.759. The van der Waals surface area contributed by atoms with Crippen molar-refractivity contribution in [1.82, 2.24) is 9.80 Å². The third-order valence-electron chi connectivity index (χ3n) is 8.45. The molecule has 0 unspecified atom stereocenters. The summed E-state index contributed by atoms with van der Waals surface area (Å²) in [6.07, 6.45) is 1.86. The first-order valence-electron chi connectivity index (χ1n) is 15.6. The van der Waals surface area contributed by atoms with Crippen LogP contribution in [0.2, 0.25) is 0 Å². The van der Waals surface area contributed by atoms with Crippen molar-refractivity contribution >= 4 is 29.5 Å². The monoisotopic (exact) mass is 627 g/mol. The number of benzene rings is 3. The zero-order valence-corrected chi connectivity index (χ0v) is 25.6. The zero-order valence-electron chi connectivity index (χ0n) is 25.6. The molecule has 0 saturated carbocycles. The summed E-state index contributed by atoms with van der Waals surface area (Å²) in [5.74, 6) is -0.489. The van der Waals surface area contributed by atoms with Gasteiger partial charge in [-0.25, -0.2) is 14.0 Å². The molecule has 240 valence electrons. The van der Waals surface area contributed by atoms with E-state index in [4.69, 9.17) is 14.7 Å². The third kappa shape index (κ3) is 9.05. The third-order valence-corrected chi connectivity index (χ3v) is 8.45. The fraction of sp³-hybridized carbons (Fsp3) is 0.371. The topological polar surface area (TPSA) is 124 Å². The van der Waals surface area contributed by atoms with Crippen LogP contribution in [0.15, 0.2) is 72.8 Å². The minimum absolute atomic E-state index is 0.0487. The minimum Gasteiger partial charge on any atom is -0.449 e. The van der Waals surface area contributed by atoms with Gasteiger partial charge in [0.25, 0.3) is 0 Å². The molecule has 2 N–H and O–H groups in total. The quantitative estimate of drug-likeness (QED) is 0.287. The van der Waals surface area contributed by atoms with E-state index in [0.717, 1.165) is 30.3 Å². The summed E-state index contributed by atoms with van der Waals surface area (Å²) >= 11 is 0. The lowest BCUT2D eigenvalue weighted by molar-refractivity contribution is -0.133. The maximum atomic E-state index is 14.0. The molecule has 11 heteroatoms. The largest absolute Gasteiger partial charge is 0.449 e. The van der Waals surface area contributed by atoms with Gasteiger partial charge in [-0.05, 0) is 61.4 Å². The number of nitriles is 1. The van der Waals surface area contributed by atoms with Crippen LogP contribution in [0.1, 0.15) is 37.7 Å². The number of piperidine rings is 2. The predicted octanol–water partition coefficient (Wildman–Crippen LogP) is 6.25. The molecule has 3 amide bonds. The number of carbonyl (C=O) groups is 3. The van der Waals surface area contributed by atoms with Crippen molar-refractivity contribution in [2.45, 2.75) is 38.2 Å². The number of hydrogen-bond acceptors (Lipinski definition) is 7. The highest BCUT2D eigenvalue weighted by molar-refractivity contribution is 5.91. The van der Waals surface area contributed by atoms with E-state index in [1.165, 1.54) is 12.1 Å². The predicted molar refractivity (Wildman–Crippen MR) is 171 cm³/mol. The lowest BCUT2D eigenvalue weighted by Crippen LogP contribution is -2.43. The molecular weight excluding hydrogens is 589 g/mol. The van der Waals surface area contributed by atoms with Crippen LogP contribution in [-0.2, 0) is 14.3 Å². The van der Waals surface area contributed by atoms with Crippen molar-refractivity contribution in [3.63, 3.8) is 0 Å². The molecule has 0 bridgehead atoms. The molecule has 3 aromatic carbocycles. The molecule has 2 saturated heterocycles. The highest BCUT2D eigenvalue weighted by Crippen LogP contribution is 2.28. The molecule has 46 heavy (non-hydrogen) atoms. The molecule has 0 radical (unpaired) electrons. The van der Waals surface area contributed by atoms with Crippen molar-refractivity contribution in [3.05, 3.63) is 84.2 Å². The van der Waals surface area contributed by atoms with Gasteiger partial charge in [0.2, 0.25) is 5.91 Å². The van der Waals surface area contributed by atoms with Crippen LogP contribution in [0.25, 0.3) is 11.1 Å². The van der Waals surface area contributed by atoms with E-state index in [9.17, 15) is 18.8 Å². The standard InChI is InChI=1S/C35H38FN5O5/c36-30-22-26(23-37)10-11-32(30)39-34(43)45-24-25-12-20-41(21-13-25)33(42)16-19-40-17-14-28(15-18-40)46-35(44)38-31-9-5-4-8-29(31)27-6-2-1-3-7-27/h1-11,22,25,28H,12-21,24H2,(H,38,44)(H,39,43). The van der Waals surface area contributed by atoms with Gasteiger partial charge in [-0.15, -0.1) is 0 Å². The van der Waals surface area contributed by atoms with Crippen LogP contribution >= 0.6 is 0 Å². The van der Waals surface area contributed by atoms with Gasteiger partial charge in [-0.1, -0.05) is 48.5 Å². The van der Waals surface area contributed by atoms with E-state index in [-0.39, 0.29) is 35.8 Å². The fourth-order valence-electron chi connectivity index (χ4n) is 5.79. The molecule has 0 aliphatic carbocycles. The summed E-state index contributed by atoms with van der Waals surface area (Å²) in [6.45, 7) is 3.52. The van der Waals surface area contributed by atoms with Gasteiger partial charge in [0.15, 0.2) is 0 Å². The maximum absolute atomic E-state index is 14.0. The van der Waals surface area contributed by atoms with E-state index in [2.05, 4.69) is 15.5 Å². The number of halogens is 1. The number of anilines is 2. The Morgan fingerprint density at radius 2 is 1.54 bits per heavy atom. The summed E-state index contributed by atoms with van der Waals surface area (Å²) < 4.78 is 25.0. The lowest BCUT2D eigenvalue weighted by Gasteiger charge is -2.34. The fourth-order valence-corrected chi connectivity index (χ4v) is 5.79. The summed E-state index contributed by atoms with van der Waals surface area (Å²) in [7, 11) is 0. The van der Waals surface area contributed by atoms with E-state index < -0.39 is 18.0 Å². The summed E-state index contributed by atoms with van der Waals surface area (Å²) in [5, 5.41) is 14.1. The number of para-hydroxylation sites is 1. The summed E-state index contributed by atoms with van der Waals surface area (Å²) in [5.41, 5.74) is 2.76. The number of ether oxygens (including phenoxy) is 2. The van der Waals surface area contributed by atoms with Crippen LogP contribution in [0.4, 0.5) is 25.4 Å². The first-order valence-corrected chi connectivity index (χ1v) is 15.6. The molecule has 0 aromatic heterocycles. The highest BCUT2D eigenvalue weighted by atomic mass is 19.1. The average Bonchev–Trinajstić information content (AvgIpc) is 3.08. The molecule has 2 fully saturated rings. The van der Waals surface area contributed by atoms with Crippen LogP contribution < -0.4 is 10.6 Å². The molecule has 5 rings (SSSR count). The molecule has 2 aliphatic heterocycles. The molecule has 2 aliphatic rings. The second kappa shape index (κ2) is 15.9. The van der Waals surface area contributed by atoms with Gasteiger partial charge >= 0.3 is 12.2 Å². The Hall–Kier alpha value is -4.95. The van der Waals surface area contributed by atoms with Crippen molar-refractivity contribution in [1.29, 1.82) is 5.26 Å². The van der Waals surface area contributed by atoms with Gasteiger partial charge in [0, 0.05) is 44.7 Å². The van der Waals surface area contributed by atoms with E-state index >= 15 is 0 Å². The summed E-state index contributed by atoms with van der Waals surface area (Å²) in [4.78, 5) is 41.8. The van der Waals surface area contributed by atoms with Crippen molar-refractivity contribution in [2.75, 3.05) is 50.0 Å². The second-order valence-electron chi connectivity index (χ2n) is 11.6. The molecule has 2 heterocycles. The van der Waals surface area contributed by atoms with Crippen molar-refractivity contribution in [3.8, 4) is 17.2 Å². The first kappa shape index (κ1) is 32.4. The van der Waals surface area contributed by atoms with Crippen LogP contribution in [0.3, 0.4) is 0 Å². The zero-order chi connectivity index (χ0) is 32.3. The lowest BCUT2D eigenvalue weighted by atomic mass is 9.97. The SMILES string of the molecule is N#Cc1ccc(NC(=O)OCC2CCN(C(=O)CCN3CCC(OC(=O)Nc4ccccc4-c4ccccc4)CC3)CC2)c(F)c1. The Labute approximate surface area is 268 Å². The van der Waals surface area contributed by atoms with Crippen molar-refractivity contribution < 1.29 is 28.2 Å². The van der Waals surface area contributed by atoms with Crippen LogP contribution in [0, 0.1) is 23.1 Å². The molecule has 0 atom stereocenters. The molecule has 10 nitrogen and oxygen atoms in total. The number of rotatable bonds is 9. The van der Waals surface area contributed by atoms with E-state index in [1.807, 2.05) is 65.6 Å². The Morgan fingerprint density at radius 1 is 0.848 bits per heavy atom. The molecular formula is C35H38FN5O5. The van der Waals surface area contributed by atoms with Gasteiger partial charge in [-0.3, -0.25) is 15.4 Å². The number of amides is 3. The van der Waals surface area contributed by atoms with Crippen molar-refractivity contribution in [2.24, 2.45) is 5.92 Å².